The van der Waals surface area contributed by atoms with Crippen LogP contribution in [0.1, 0.15) is 19.3 Å². The van der Waals surface area contributed by atoms with Crippen molar-refractivity contribution in [2.75, 3.05) is 12.3 Å². The van der Waals surface area contributed by atoms with E-state index in [1.807, 2.05) is 0 Å². The number of nitrogens with one attached hydrogen (secondary N) is 1. The first kappa shape index (κ1) is 7.55. The van der Waals surface area contributed by atoms with Crippen LogP contribution >= 0.6 is 0 Å². The second-order valence-electron chi connectivity index (χ2n) is 3.40. The van der Waals surface area contributed by atoms with Gasteiger partial charge in [-0.05, 0) is 12.8 Å². The molecule has 1 saturated heterocycles. The minimum atomic E-state index is -2.72. The Morgan fingerprint density at radius 2 is 2.09 bits per heavy atom. The lowest BCUT2D eigenvalue weighted by molar-refractivity contribution is 0.491. The molecule has 2 rings (SSSR count). The molecule has 0 spiro atoms. The number of hydrogen-bond donors (Lipinski definition) is 1. The summed E-state index contributed by atoms with van der Waals surface area (Å²) < 4.78 is 22.8. The van der Waals surface area contributed by atoms with E-state index in [2.05, 4.69) is 5.32 Å². The van der Waals surface area contributed by atoms with Crippen molar-refractivity contribution >= 4 is 9.84 Å². The van der Waals surface area contributed by atoms with E-state index >= 15 is 0 Å². The minimum Gasteiger partial charge on any atom is -0.312 e. The molecule has 2 aliphatic rings. The molecule has 1 aliphatic carbocycles. The second-order valence-corrected chi connectivity index (χ2v) is 5.74. The molecule has 0 amide bonds. The van der Waals surface area contributed by atoms with Gasteiger partial charge in [0.1, 0.15) is 0 Å². The van der Waals surface area contributed by atoms with Crippen LogP contribution in [0.15, 0.2) is 0 Å². The molecule has 1 N–H and O–H groups in total. The van der Waals surface area contributed by atoms with Crippen LogP contribution in [0.5, 0.6) is 0 Å². The Morgan fingerprint density at radius 1 is 1.27 bits per heavy atom. The van der Waals surface area contributed by atoms with E-state index in [1.54, 1.807) is 0 Å². The first-order chi connectivity index (χ1) is 5.20. The minimum absolute atomic E-state index is 0.0590. The molecule has 0 bridgehead atoms. The summed E-state index contributed by atoms with van der Waals surface area (Å²) >= 11 is 0. The van der Waals surface area contributed by atoms with Crippen molar-refractivity contribution < 1.29 is 8.42 Å². The molecule has 1 aliphatic heterocycles. The molecule has 1 saturated carbocycles. The highest BCUT2D eigenvalue weighted by Gasteiger charge is 2.39. The molecule has 3 nitrogen and oxygen atoms in total. The van der Waals surface area contributed by atoms with Crippen LogP contribution in [0.4, 0.5) is 0 Å². The fourth-order valence-corrected chi connectivity index (χ4v) is 4.09. The molecule has 2 atom stereocenters. The van der Waals surface area contributed by atoms with Crippen molar-refractivity contribution in [3.8, 4) is 0 Å². The van der Waals surface area contributed by atoms with Gasteiger partial charge in [-0.15, -0.1) is 0 Å². The fourth-order valence-electron chi connectivity index (χ4n) is 2.13. The van der Waals surface area contributed by atoms with Gasteiger partial charge >= 0.3 is 0 Å². The predicted molar refractivity (Wildman–Crippen MR) is 43.2 cm³/mol. The highest BCUT2D eigenvalue weighted by Crippen LogP contribution is 2.27. The first-order valence-corrected chi connectivity index (χ1v) is 5.87. The van der Waals surface area contributed by atoms with Crippen LogP contribution < -0.4 is 5.32 Å². The summed E-state index contributed by atoms with van der Waals surface area (Å²) in [7, 11) is -2.72. The lowest BCUT2D eigenvalue weighted by Crippen LogP contribution is -2.49. The average Bonchev–Trinajstić information content (AvgIpc) is 2.34. The van der Waals surface area contributed by atoms with E-state index in [0.717, 1.165) is 19.3 Å². The third kappa shape index (κ3) is 1.18. The van der Waals surface area contributed by atoms with Crippen molar-refractivity contribution in [1.29, 1.82) is 0 Å². The molecule has 0 unspecified atom stereocenters. The third-order valence-corrected chi connectivity index (χ3v) is 4.97. The van der Waals surface area contributed by atoms with E-state index in [-0.39, 0.29) is 11.3 Å². The maximum atomic E-state index is 11.4. The maximum Gasteiger partial charge on any atom is 0.155 e. The lowest BCUT2D eigenvalue weighted by atomic mass is 10.2. The van der Waals surface area contributed by atoms with Crippen molar-refractivity contribution in [2.24, 2.45) is 0 Å². The molecule has 1 heterocycles. The van der Waals surface area contributed by atoms with Crippen molar-refractivity contribution in [1.82, 2.24) is 5.32 Å². The van der Waals surface area contributed by atoms with Crippen molar-refractivity contribution in [3.05, 3.63) is 0 Å². The number of fused-ring (bicyclic) bond motifs is 1. The highest BCUT2D eigenvalue weighted by molar-refractivity contribution is 7.92. The number of hydrogen-bond acceptors (Lipinski definition) is 3. The van der Waals surface area contributed by atoms with E-state index in [4.69, 9.17) is 0 Å². The number of rotatable bonds is 0. The highest BCUT2D eigenvalue weighted by atomic mass is 32.2. The Morgan fingerprint density at radius 3 is 2.82 bits per heavy atom. The van der Waals surface area contributed by atoms with E-state index in [1.165, 1.54) is 0 Å². The van der Waals surface area contributed by atoms with E-state index in [9.17, 15) is 8.42 Å². The molecular weight excluding hydrogens is 162 g/mol. The van der Waals surface area contributed by atoms with Crippen molar-refractivity contribution in [2.45, 2.75) is 30.6 Å². The second kappa shape index (κ2) is 2.45. The quantitative estimate of drug-likeness (QED) is 0.560. The SMILES string of the molecule is O=S1(=O)CCN[C@H]2CCC[C@@H]21. The Kier molecular flexibility index (Phi) is 1.68. The summed E-state index contributed by atoms with van der Waals surface area (Å²) in [4.78, 5) is 0. The molecule has 0 aromatic carbocycles. The zero-order valence-electron chi connectivity index (χ0n) is 6.41. The molecule has 0 aromatic heterocycles. The zero-order valence-corrected chi connectivity index (χ0v) is 7.23. The molecule has 0 aromatic rings. The standard InChI is InChI=1S/C7H13NO2S/c9-11(10)5-4-8-6-2-1-3-7(6)11/h6-8H,1-5H2/t6-,7-/m0/s1. The predicted octanol–water partition coefficient (Wildman–Crippen LogP) is -0.0745. The lowest BCUT2D eigenvalue weighted by Gasteiger charge is -2.26. The normalized spacial score (nSPS) is 41.8. The van der Waals surface area contributed by atoms with Gasteiger partial charge in [-0.1, -0.05) is 6.42 Å². The van der Waals surface area contributed by atoms with Crippen LogP contribution in [0.25, 0.3) is 0 Å². The summed E-state index contributed by atoms with van der Waals surface area (Å²) in [6, 6.07) is 0.272. The zero-order chi connectivity index (χ0) is 7.90. The summed E-state index contributed by atoms with van der Waals surface area (Å²) in [5.41, 5.74) is 0. The Balaban J connectivity index is 2.26. The molecule has 64 valence electrons. The largest absolute Gasteiger partial charge is 0.312 e. The first-order valence-electron chi connectivity index (χ1n) is 4.15. The van der Waals surface area contributed by atoms with Gasteiger partial charge < -0.3 is 5.32 Å². The van der Waals surface area contributed by atoms with Crippen LogP contribution in [-0.2, 0) is 9.84 Å². The summed E-state index contributed by atoms with van der Waals surface area (Å²) in [6.07, 6.45) is 2.99. The maximum absolute atomic E-state index is 11.4. The molecule has 0 radical (unpaired) electrons. The molecule has 2 fully saturated rings. The van der Waals surface area contributed by atoms with Gasteiger partial charge in [0, 0.05) is 12.6 Å². The molecular formula is C7H13NO2S. The van der Waals surface area contributed by atoms with E-state index in [0.29, 0.717) is 12.3 Å². The van der Waals surface area contributed by atoms with Crippen molar-refractivity contribution in [3.63, 3.8) is 0 Å². The van der Waals surface area contributed by atoms with Crippen LogP contribution in [0, 0.1) is 0 Å². The summed E-state index contributed by atoms with van der Waals surface area (Å²) in [6.45, 7) is 0.656. The monoisotopic (exact) mass is 175 g/mol. The summed E-state index contributed by atoms with van der Waals surface area (Å²) in [5, 5.41) is 3.20. The Labute approximate surface area is 67.1 Å². The topological polar surface area (TPSA) is 46.2 Å². The summed E-state index contributed by atoms with van der Waals surface area (Å²) in [5.74, 6) is 0.341. The Bertz CT molecular complexity index is 247. The van der Waals surface area contributed by atoms with Gasteiger partial charge in [-0.2, -0.15) is 0 Å². The Hall–Kier alpha value is -0.0900. The van der Waals surface area contributed by atoms with Gasteiger partial charge in [0.05, 0.1) is 11.0 Å². The number of sulfone groups is 1. The molecule has 4 heteroatoms. The van der Waals surface area contributed by atoms with E-state index < -0.39 is 9.84 Å². The van der Waals surface area contributed by atoms with Gasteiger partial charge in [0.2, 0.25) is 0 Å². The van der Waals surface area contributed by atoms with Gasteiger partial charge in [0.15, 0.2) is 9.84 Å². The third-order valence-electron chi connectivity index (χ3n) is 2.71. The van der Waals surface area contributed by atoms with Gasteiger partial charge in [-0.25, -0.2) is 8.42 Å². The fraction of sp³-hybridized carbons (Fsp3) is 1.00. The van der Waals surface area contributed by atoms with Gasteiger partial charge in [0.25, 0.3) is 0 Å². The van der Waals surface area contributed by atoms with Crippen LogP contribution in [-0.4, -0.2) is 32.0 Å². The van der Waals surface area contributed by atoms with Crippen LogP contribution in [0.2, 0.25) is 0 Å². The van der Waals surface area contributed by atoms with Crippen LogP contribution in [0.3, 0.4) is 0 Å². The van der Waals surface area contributed by atoms with Gasteiger partial charge in [-0.3, -0.25) is 0 Å². The molecule has 11 heavy (non-hydrogen) atoms. The average molecular weight is 175 g/mol. The smallest absolute Gasteiger partial charge is 0.155 e.